The van der Waals surface area contributed by atoms with E-state index in [1.807, 2.05) is 0 Å². The van der Waals surface area contributed by atoms with Gasteiger partial charge in [0.2, 0.25) is 59.1 Å². The first-order valence-electron chi connectivity index (χ1n) is 31.9. The second-order valence-corrected chi connectivity index (χ2v) is 23.2. The summed E-state index contributed by atoms with van der Waals surface area (Å²) in [6.45, 7) is 1.94. The van der Waals surface area contributed by atoms with Crippen molar-refractivity contribution in [3.63, 3.8) is 0 Å². The van der Waals surface area contributed by atoms with E-state index in [-0.39, 0.29) is 153 Å². The van der Waals surface area contributed by atoms with E-state index in [4.69, 9.17) is 68.8 Å². The van der Waals surface area contributed by atoms with Crippen LogP contribution in [0.2, 0.25) is 0 Å². The smallest absolute Gasteiger partial charge is 0.323 e. The highest BCUT2D eigenvalue weighted by Gasteiger charge is 2.40. The van der Waals surface area contributed by atoms with Gasteiger partial charge in [0.05, 0.1) is 6.10 Å². The van der Waals surface area contributed by atoms with Gasteiger partial charge in [0, 0.05) is 52.7 Å². The van der Waals surface area contributed by atoms with Crippen LogP contribution >= 0.6 is 0 Å². The molecule has 42 nitrogen and oxygen atoms in total. The Bertz CT molecular complexity index is 2800. The monoisotopic (exact) mass is 1400 g/mol. The number of nitrogens with one attached hydrogen (secondary N) is 8. The quantitative estimate of drug-likeness (QED) is 0.0153. The Kier molecular flexibility index (Phi) is 40.4. The zero-order valence-electron chi connectivity index (χ0n) is 55.8. The number of carboxylic acids is 2. The normalized spacial score (nSPS) is 15.4. The molecule has 35 N–H and O–H groups in total. The van der Waals surface area contributed by atoms with Gasteiger partial charge in [0.25, 0.3) is 0 Å². The first kappa shape index (κ1) is 85.9. The Balaban J connectivity index is 3.80. The summed E-state index contributed by atoms with van der Waals surface area (Å²) in [7, 11) is 1.22. The Morgan fingerprint density at radius 1 is 0.459 bits per heavy atom. The molecule has 554 valence electrons. The van der Waals surface area contributed by atoms with Crippen molar-refractivity contribution in [1.29, 1.82) is 0 Å². The second kappa shape index (κ2) is 46.1. The summed E-state index contributed by atoms with van der Waals surface area (Å²) < 4.78 is 0. The lowest BCUT2D eigenvalue weighted by Crippen LogP contribution is -2.60. The van der Waals surface area contributed by atoms with Crippen molar-refractivity contribution < 1.29 is 72.9 Å². The van der Waals surface area contributed by atoms with Crippen LogP contribution in [0, 0.1) is 0 Å². The third-order valence-electron chi connectivity index (χ3n) is 14.9. The van der Waals surface area contributed by atoms with Crippen LogP contribution in [0.25, 0.3) is 0 Å². The third kappa shape index (κ3) is 35.0. The zero-order valence-corrected chi connectivity index (χ0v) is 55.8. The number of amides is 10. The highest BCUT2D eigenvalue weighted by atomic mass is 16.4. The van der Waals surface area contributed by atoms with Gasteiger partial charge in [-0.3, -0.25) is 82.5 Å². The van der Waals surface area contributed by atoms with Crippen LogP contribution < -0.4 is 111 Å². The maximum absolute atomic E-state index is 14.6. The van der Waals surface area contributed by atoms with Gasteiger partial charge in [-0.15, -0.1) is 0 Å². The Labute approximate surface area is 567 Å². The Hall–Kier alpha value is -10.1. The van der Waals surface area contributed by atoms with Gasteiger partial charge in [-0.1, -0.05) is 0 Å². The molecule has 0 saturated carbocycles. The van der Waals surface area contributed by atoms with Crippen LogP contribution in [0.5, 0.6) is 0 Å². The summed E-state index contributed by atoms with van der Waals surface area (Å²) in [6, 6.07) is -14.5. The molecule has 0 aromatic carbocycles. The molecule has 1 saturated heterocycles. The van der Waals surface area contributed by atoms with Gasteiger partial charge in [-0.25, -0.2) is 0 Å². The van der Waals surface area contributed by atoms with Gasteiger partial charge < -0.3 is 136 Å². The minimum atomic E-state index is -1.74. The van der Waals surface area contributed by atoms with Crippen molar-refractivity contribution in [2.24, 2.45) is 93.8 Å². The number of hydrogen-bond donors (Lipinski definition) is 23. The number of carbonyl (C=O) groups is 12. The second-order valence-electron chi connectivity index (χ2n) is 23.2. The van der Waals surface area contributed by atoms with Crippen molar-refractivity contribution in [3.05, 3.63) is 0 Å². The summed E-state index contributed by atoms with van der Waals surface area (Å²) >= 11 is 0. The number of carboxylic acid groups (broad SMARTS) is 2. The summed E-state index contributed by atoms with van der Waals surface area (Å²) in [6.07, 6.45) is -2.07. The molecule has 0 bridgehead atoms. The summed E-state index contributed by atoms with van der Waals surface area (Å²) in [5.41, 5.74) is 66.8. The molecule has 0 aliphatic carbocycles. The molecule has 1 aliphatic heterocycles. The SMILES string of the molecule is C[C@H](NC(=O)[C@H](CCCN=C(N)N)NC(=O)[C@H](CCCN=C(N)N)NC(=O)[C@H](CCCN=C(N)N)NC(=O)[C@H](CCC(=O)O)NC(=O)[C@H](CCCN=C(N)N)NC(=O)[C@@H]1CCCN1C(=O)[C@@H](N)[C@@H](C)O)C(=O)N[C@@H](CCCCN)C(=O)N[C@@H](CCCN=C(N)N)C(=O)N(C)CC(=O)O. The summed E-state index contributed by atoms with van der Waals surface area (Å²) in [4.78, 5) is 186. The number of aliphatic hydroxyl groups is 1. The van der Waals surface area contributed by atoms with E-state index in [1.165, 1.54) is 25.8 Å². The molecular formula is C56H105N27O15. The van der Waals surface area contributed by atoms with Gasteiger partial charge in [0.15, 0.2) is 29.8 Å². The fourth-order valence-corrected chi connectivity index (χ4v) is 9.70. The van der Waals surface area contributed by atoms with Gasteiger partial charge >= 0.3 is 11.9 Å². The molecule has 1 fully saturated rings. The third-order valence-corrected chi connectivity index (χ3v) is 14.9. The highest BCUT2D eigenvalue weighted by Crippen LogP contribution is 2.20. The molecule has 0 spiro atoms. The molecule has 1 heterocycles. The van der Waals surface area contributed by atoms with E-state index in [0.29, 0.717) is 19.3 Å². The fraction of sp³-hybridized carbons (Fsp3) is 0.696. The number of rotatable bonds is 48. The van der Waals surface area contributed by atoms with Crippen LogP contribution in [0.3, 0.4) is 0 Å². The van der Waals surface area contributed by atoms with E-state index in [1.54, 1.807) is 0 Å². The minimum Gasteiger partial charge on any atom is -0.481 e. The maximum atomic E-state index is 14.6. The van der Waals surface area contributed by atoms with Gasteiger partial charge in [-0.05, 0) is 123 Å². The molecule has 0 unspecified atom stereocenters. The Morgan fingerprint density at radius 3 is 1.13 bits per heavy atom. The number of aliphatic hydroxyl groups excluding tert-OH is 1. The molecule has 11 atom stereocenters. The Morgan fingerprint density at radius 2 is 0.786 bits per heavy atom. The molecule has 0 aromatic heterocycles. The van der Waals surface area contributed by atoms with Crippen LogP contribution in [0.15, 0.2) is 25.0 Å². The summed E-state index contributed by atoms with van der Waals surface area (Å²) in [5.74, 6) is -13.4. The van der Waals surface area contributed by atoms with Crippen LogP contribution in [-0.2, 0) is 57.5 Å². The fourth-order valence-electron chi connectivity index (χ4n) is 9.70. The average molecular weight is 1400 g/mol. The van der Waals surface area contributed by atoms with Crippen molar-refractivity contribution in [1.82, 2.24) is 52.3 Å². The molecule has 42 heteroatoms. The van der Waals surface area contributed by atoms with Gasteiger partial charge in [0.1, 0.15) is 67.0 Å². The van der Waals surface area contributed by atoms with E-state index in [9.17, 15) is 72.9 Å². The molecule has 10 amide bonds. The molecule has 1 aliphatic rings. The molecule has 98 heavy (non-hydrogen) atoms. The van der Waals surface area contributed by atoms with Crippen molar-refractivity contribution in [3.8, 4) is 0 Å². The number of hydrogen-bond acceptors (Lipinski definition) is 20. The zero-order chi connectivity index (χ0) is 74.2. The van der Waals surface area contributed by atoms with E-state index >= 15 is 0 Å². The molecule has 0 radical (unpaired) electrons. The number of likely N-dealkylation sites (tertiary alicyclic amines) is 1. The maximum Gasteiger partial charge on any atom is 0.323 e. The number of guanidine groups is 5. The van der Waals surface area contributed by atoms with E-state index in [0.717, 1.165) is 4.90 Å². The number of nitrogens with two attached hydrogens (primary N) is 12. The molecule has 1 rings (SSSR count). The van der Waals surface area contributed by atoms with E-state index in [2.05, 4.69) is 67.5 Å². The number of likely N-dealkylation sites (N-methyl/N-ethyl adjacent to an activating group) is 1. The highest BCUT2D eigenvalue weighted by molar-refractivity contribution is 5.99. The number of aliphatic imine (C=N–C) groups is 5. The standard InChI is InChI=1S/C56H105N27O15/c1-29(42(89)75-31(12-4-5-21-57)47(94)81-37(17-10-26-73-56(67)68)50(97)82(3)28-40(87)88)74-43(90)32(13-6-22-69-52(59)60)76-44(91)33(14-7-23-70-53(61)62)77-45(92)34(15-8-24-71-54(63)64)78-48(95)36(19-20-39(85)86)79-46(93)35(16-9-25-72-55(65)66)80-49(96)38-18-11-27-83(38)51(98)41(58)30(2)84/h29-38,41,84H,4-28,57-58H2,1-3H3,(H,74,90)(H,75,89)(H,76,91)(H,77,92)(H,78,95)(H,79,93)(H,80,96)(H,81,94)(H,85,86)(H,87,88)(H4,59,60,69)(H4,61,62,70)(H4,63,64,71)(H4,65,66,72)(H4,67,68,73)/t29-,30+,31-,32-,33-,34-,35-,36-,37-,38-,41-/m0/s1. The predicted molar refractivity (Wildman–Crippen MR) is 360 cm³/mol. The van der Waals surface area contributed by atoms with Crippen molar-refractivity contribution >= 4 is 101 Å². The van der Waals surface area contributed by atoms with Crippen LogP contribution in [0.4, 0.5) is 0 Å². The number of carbonyl (C=O) groups excluding carboxylic acids is 10. The number of aliphatic carboxylic acids is 2. The van der Waals surface area contributed by atoms with Crippen molar-refractivity contribution in [2.75, 3.05) is 59.4 Å². The average Bonchev–Trinajstić information content (AvgIpc) is 1.63. The lowest BCUT2D eigenvalue weighted by atomic mass is 10.0. The largest absolute Gasteiger partial charge is 0.481 e. The molecule has 0 aromatic rings. The van der Waals surface area contributed by atoms with Crippen molar-refractivity contribution in [2.45, 2.75) is 190 Å². The number of nitrogens with zero attached hydrogens (tertiary/aromatic N) is 7. The topological polar surface area (TPSA) is 742 Å². The first-order chi connectivity index (χ1) is 46.1. The lowest BCUT2D eigenvalue weighted by molar-refractivity contribution is -0.145. The van der Waals surface area contributed by atoms with Crippen LogP contribution in [0.1, 0.15) is 123 Å². The number of unbranched alkanes of at least 4 members (excludes halogenated alkanes) is 1. The molecular weight excluding hydrogens is 1290 g/mol. The minimum absolute atomic E-state index is 0.000280. The predicted octanol–water partition coefficient (Wildman–Crippen LogP) is -10.6. The van der Waals surface area contributed by atoms with Crippen LogP contribution in [-0.4, -0.2) is 252 Å². The van der Waals surface area contributed by atoms with Gasteiger partial charge in [-0.2, -0.15) is 0 Å². The van der Waals surface area contributed by atoms with E-state index < -0.39 is 157 Å². The lowest BCUT2D eigenvalue weighted by Gasteiger charge is -2.30. The first-order valence-corrected chi connectivity index (χ1v) is 31.9. The summed E-state index contributed by atoms with van der Waals surface area (Å²) in [5, 5.41) is 49.6.